The van der Waals surface area contributed by atoms with Gasteiger partial charge in [-0.05, 0) is 30.7 Å². The predicted octanol–water partition coefficient (Wildman–Crippen LogP) is 3.66. The summed E-state index contributed by atoms with van der Waals surface area (Å²) in [6.07, 6.45) is 3.30. The van der Waals surface area contributed by atoms with Crippen LogP contribution in [0, 0.1) is 6.92 Å². The molecule has 0 spiro atoms. The zero-order chi connectivity index (χ0) is 14.4. The maximum atomic E-state index is 11.9. The van der Waals surface area contributed by atoms with Crippen LogP contribution in [0.2, 0.25) is 0 Å². The zero-order valence-corrected chi connectivity index (χ0v) is 11.6. The van der Waals surface area contributed by atoms with Crippen molar-refractivity contribution in [3.63, 3.8) is 0 Å². The molecule has 1 amide bonds. The van der Waals surface area contributed by atoms with Crippen molar-refractivity contribution in [1.29, 1.82) is 0 Å². The van der Waals surface area contributed by atoms with Crippen molar-refractivity contribution in [2.75, 3.05) is 12.4 Å². The number of nitrogens with one attached hydrogen (secondary N) is 1. The van der Waals surface area contributed by atoms with Crippen LogP contribution in [0.25, 0.3) is 6.08 Å². The molecule has 0 bridgehead atoms. The Kier molecular flexibility index (Phi) is 4.56. The summed E-state index contributed by atoms with van der Waals surface area (Å²) in [5, 5.41) is 2.80. The Bertz CT molecular complexity index is 632. The molecule has 0 aliphatic rings. The number of aryl methyl sites for hydroxylation is 1. The number of carbonyl (C=O) groups is 1. The van der Waals surface area contributed by atoms with Crippen LogP contribution >= 0.6 is 0 Å². The largest absolute Gasteiger partial charge is 0.495 e. The fraction of sp³-hybridized carbons (Fsp3) is 0.118. The number of anilines is 1. The lowest BCUT2D eigenvalue weighted by Gasteiger charge is -2.07. The molecule has 20 heavy (non-hydrogen) atoms. The number of rotatable bonds is 4. The van der Waals surface area contributed by atoms with Crippen molar-refractivity contribution in [3.05, 3.63) is 65.7 Å². The Morgan fingerprint density at radius 1 is 1.15 bits per heavy atom. The van der Waals surface area contributed by atoms with Gasteiger partial charge < -0.3 is 10.1 Å². The number of amides is 1. The van der Waals surface area contributed by atoms with E-state index in [9.17, 15) is 4.79 Å². The molecule has 1 N–H and O–H groups in total. The molecular weight excluding hydrogens is 250 g/mol. The van der Waals surface area contributed by atoms with Gasteiger partial charge in [0, 0.05) is 6.08 Å². The minimum absolute atomic E-state index is 0.184. The van der Waals surface area contributed by atoms with Gasteiger partial charge in [-0.1, -0.05) is 42.0 Å². The fourth-order valence-electron chi connectivity index (χ4n) is 1.87. The Labute approximate surface area is 118 Å². The van der Waals surface area contributed by atoms with Crippen molar-refractivity contribution in [1.82, 2.24) is 0 Å². The molecule has 2 aromatic carbocycles. The number of para-hydroxylation sites is 2. The third-order valence-electron chi connectivity index (χ3n) is 2.83. The van der Waals surface area contributed by atoms with E-state index in [-0.39, 0.29) is 5.91 Å². The maximum Gasteiger partial charge on any atom is 0.248 e. The van der Waals surface area contributed by atoms with Crippen LogP contribution in [0.5, 0.6) is 5.75 Å². The van der Waals surface area contributed by atoms with Crippen molar-refractivity contribution >= 4 is 17.7 Å². The van der Waals surface area contributed by atoms with Gasteiger partial charge in [0.05, 0.1) is 12.8 Å². The van der Waals surface area contributed by atoms with Gasteiger partial charge in [-0.25, -0.2) is 0 Å². The van der Waals surface area contributed by atoms with Crippen LogP contribution in [0.15, 0.2) is 54.6 Å². The van der Waals surface area contributed by atoms with Gasteiger partial charge in [0.25, 0.3) is 0 Å². The lowest BCUT2D eigenvalue weighted by molar-refractivity contribution is -0.111. The second kappa shape index (κ2) is 6.57. The van der Waals surface area contributed by atoms with Crippen LogP contribution in [-0.4, -0.2) is 13.0 Å². The first-order valence-electron chi connectivity index (χ1n) is 6.38. The number of carbonyl (C=O) groups excluding carboxylic acids is 1. The molecule has 3 heteroatoms. The number of benzene rings is 2. The van der Waals surface area contributed by atoms with Gasteiger partial charge in [0.2, 0.25) is 5.91 Å². The number of hydrogen-bond acceptors (Lipinski definition) is 2. The van der Waals surface area contributed by atoms with Gasteiger partial charge in [-0.15, -0.1) is 0 Å². The molecule has 0 aromatic heterocycles. The van der Waals surface area contributed by atoms with Gasteiger partial charge in [-0.2, -0.15) is 0 Å². The highest BCUT2D eigenvalue weighted by Crippen LogP contribution is 2.22. The second-order valence-electron chi connectivity index (χ2n) is 4.44. The normalized spacial score (nSPS) is 10.5. The van der Waals surface area contributed by atoms with E-state index in [1.54, 1.807) is 25.3 Å². The van der Waals surface area contributed by atoms with Crippen molar-refractivity contribution < 1.29 is 9.53 Å². The van der Waals surface area contributed by atoms with Gasteiger partial charge >= 0.3 is 0 Å². The molecule has 0 heterocycles. The summed E-state index contributed by atoms with van der Waals surface area (Å²) in [5.41, 5.74) is 2.83. The first-order valence-corrected chi connectivity index (χ1v) is 6.38. The van der Waals surface area contributed by atoms with E-state index in [0.29, 0.717) is 11.4 Å². The summed E-state index contributed by atoms with van der Waals surface area (Å²) >= 11 is 0. The molecule has 3 nitrogen and oxygen atoms in total. The van der Waals surface area contributed by atoms with E-state index in [4.69, 9.17) is 4.74 Å². The molecular formula is C17H17NO2. The van der Waals surface area contributed by atoms with Crippen molar-refractivity contribution in [2.45, 2.75) is 6.92 Å². The predicted molar refractivity (Wildman–Crippen MR) is 81.8 cm³/mol. The molecule has 2 rings (SSSR count). The highest BCUT2D eigenvalue weighted by Gasteiger charge is 2.03. The average Bonchev–Trinajstić information content (AvgIpc) is 2.46. The van der Waals surface area contributed by atoms with Crippen molar-refractivity contribution in [3.8, 4) is 5.75 Å². The monoisotopic (exact) mass is 267 g/mol. The summed E-state index contributed by atoms with van der Waals surface area (Å²) in [6.45, 7) is 2.02. The SMILES string of the molecule is COc1ccccc1NC(=O)C=Cc1cccc(C)c1. The third kappa shape index (κ3) is 3.72. The standard InChI is InChI=1S/C17H17NO2/c1-13-6-5-7-14(12-13)10-11-17(19)18-15-8-3-4-9-16(15)20-2/h3-12H,1-2H3,(H,18,19). The molecule has 0 atom stereocenters. The molecule has 2 aromatic rings. The minimum atomic E-state index is -0.184. The Morgan fingerprint density at radius 2 is 1.95 bits per heavy atom. The van der Waals surface area contributed by atoms with Crippen LogP contribution in [0.3, 0.4) is 0 Å². The highest BCUT2D eigenvalue weighted by atomic mass is 16.5. The number of methoxy groups -OCH3 is 1. The Balaban J connectivity index is 2.06. The number of hydrogen-bond donors (Lipinski definition) is 1. The molecule has 0 saturated heterocycles. The topological polar surface area (TPSA) is 38.3 Å². The highest BCUT2D eigenvalue weighted by molar-refractivity contribution is 6.02. The van der Waals surface area contributed by atoms with E-state index in [1.807, 2.05) is 43.3 Å². The van der Waals surface area contributed by atoms with E-state index in [0.717, 1.165) is 11.1 Å². The lowest BCUT2D eigenvalue weighted by Crippen LogP contribution is -2.08. The van der Waals surface area contributed by atoms with Crippen LogP contribution in [0.4, 0.5) is 5.69 Å². The molecule has 102 valence electrons. The minimum Gasteiger partial charge on any atom is -0.495 e. The van der Waals surface area contributed by atoms with Crippen LogP contribution < -0.4 is 10.1 Å². The first kappa shape index (κ1) is 13.9. The summed E-state index contributed by atoms with van der Waals surface area (Å²) < 4.78 is 5.19. The third-order valence-corrected chi connectivity index (χ3v) is 2.83. The molecule has 0 aliphatic carbocycles. The average molecular weight is 267 g/mol. The zero-order valence-electron chi connectivity index (χ0n) is 11.6. The van der Waals surface area contributed by atoms with E-state index >= 15 is 0 Å². The lowest BCUT2D eigenvalue weighted by atomic mass is 10.1. The van der Waals surface area contributed by atoms with E-state index in [2.05, 4.69) is 5.32 Å². The summed E-state index contributed by atoms with van der Waals surface area (Å²) in [4.78, 5) is 11.9. The van der Waals surface area contributed by atoms with Crippen LogP contribution in [0.1, 0.15) is 11.1 Å². The summed E-state index contributed by atoms with van der Waals surface area (Å²) in [7, 11) is 1.58. The molecule has 0 fully saturated rings. The van der Waals surface area contributed by atoms with Gasteiger partial charge in [0.1, 0.15) is 5.75 Å². The molecule has 0 aliphatic heterocycles. The summed E-state index contributed by atoms with van der Waals surface area (Å²) in [5.74, 6) is 0.459. The Morgan fingerprint density at radius 3 is 2.70 bits per heavy atom. The van der Waals surface area contributed by atoms with Gasteiger partial charge in [-0.3, -0.25) is 4.79 Å². The van der Waals surface area contributed by atoms with E-state index < -0.39 is 0 Å². The van der Waals surface area contributed by atoms with E-state index in [1.165, 1.54) is 6.08 Å². The smallest absolute Gasteiger partial charge is 0.248 e. The first-order chi connectivity index (χ1) is 9.69. The molecule has 0 radical (unpaired) electrons. The summed E-state index contributed by atoms with van der Waals surface area (Å²) in [6, 6.07) is 15.3. The van der Waals surface area contributed by atoms with Crippen molar-refractivity contribution in [2.24, 2.45) is 0 Å². The quantitative estimate of drug-likeness (QED) is 0.859. The Hall–Kier alpha value is -2.55. The molecule has 0 unspecified atom stereocenters. The second-order valence-corrected chi connectivity index (χ2v) is 4.44. The molecule has 0 saturated carbocycles. The fourth-order valence-corrected chi connectivity index (χ4v) is 1.87. The van der Waals surface area contributed by atoms with Crippen LogP contribution in [-0.2, 0) is 4.79 Å². The number of ether oxygens (including phenoxy) is 1. The van der Waals surface area contributed by atoms with Gasteiger partial charge in [0.15, 0.2) is 0 Å². The maximum absolute atomic E-state index is 11.9.